The maximum Gasteiger partial charge on any atom is 0.303 e. The summed E-state index contributed by atoms with van der Waals surface area (Å²) in [6.45, 7) is 5.37. The lowest BCUT2D eigenvalue weighted by Gasteiger charge is -2.30. The summed E-state index contributed by atoms with van der Waals surface area (Å²) in [6, 6.07) is 0. The summed E-state index contributed by atoms with van der Waals surface area (Å²) < 4.78 is 28.6. The highest BCUT2D eigenvalue weighted by Gasteiger charge is 2.28. The predicted octanol–water partition coefficient (Wildman–Crippen LogP) is 1.09. The summed E-state index contributed by atoms with van der Waals surface area (Å²) in [4.78, 5) is 5.23. The summed E-state index contributed by atoms with van der Waals surface area (Å²) >= 11 is 1.36. The van der Waals surface area contributed by atoms with Gasteiger partial charge >= 0.3 is 10.2 Å². The minimum Gasteiger partial charge on any atom is -0.330 e. The number of nitrogens with zero attached hydrogens (tertiary/aromatic N) is 2. The van der Waals surface area contributed by atoms with Crippen LogP contribution in [0.2, 0.25) is 0 Å². The van der Waals surface area contributed by atoms with Gasteiger partial charge in [-0.05, 0) is 39.2 Å². The molecule has 1 aliphatic heterocycles. The molecular weight excluding hydrogens is 284 g/mol. The van der Waals surface area contributed by atoms with Gasteiger partial charge in [0.2, 0.25) is 0 Å². The Kier molecular flexibility index (Phi) is 4.44. The van der Waals surface area contributed by atoms with E-state index in [0.717, 1.165) is 23.4 Å². The van der Waals surface area contributed by atoms with Crippen LogP contribution in [0.25, 0.3) is 0 Å². The van der Waals surface area contributed by atoms with Crippen molar-refractivity contribution in [2.75, 3.05) is 24.4 Å². The minimum absolute atomic E-state index is 0.255. The molecule has 0 spiro atoms. The molecule has 0 amide bonds. The predicted molar refractivity (Wildman–Crippen MR) is 77.5 cm³/mol. The molecule has 0 radical (unpaired) electrons. The van der Waals surface area contributed by atoms with Gasteiger partial charge in [-0.15, -0.1) is 11.3 Å². The van der Waals surface area contributed by atoms with E-state index in [1.54, 1.807) is 0 Å². The van der Waals surface area contributed by atoms with E-state index in [4.69, 9.17) is 5.73 Å². The number of nitrogens with two attached hydrogens (primary N) is 1. The average Bonchev–Trinajstić information content (AvgIpc) is 2.67. The molecule has 2 rings (SSSR count). The highest BCUT2D eigenvalue weighted by atomic mass is 32.2. The number of nitrogens with one attached hydrogen (secondary N) is 1. The second-order valence-electron chi connectivity index (χ2n) is 4.87. The molecule has 6 nitrogen and oxygen atoms in total. The first-order chi connectivity index (χ1) is 8.92. The van der Waals surface area contributed by atoms with Crippen LogP contribution in [-0.4, -0.2) is 37.3 Å². The van der Waals surface area contributed by atoms with E-state index in [-0.39, 0.29) is 5.92 Å². The lowest BCUT2D eigenvalue weighted by molar-refractivity contribution is 0.273. The maximum atomic E-state index is 12.3. The Hall–Kier alpha value is -0.700. The molecule has 1 aliphatic rings. The molecule has 0 saturated carbocycles. The first kappa shape index (κ1) is 14.7. The van der Waals surface area contributed by atoms with Crippen LogP contribution < -0.4 is 10.5 Å². The average molecular weight is 304 g/mol. The molecule has 0 bridgehead atoms. The molecule has 2 heterocycles. The standard InChI is InChI=1S/C11H20N4O2S2/c1-8-9(2)18-11(13-8)14-19(16,17)15-5-3-4-10(6-12)7-15/h10H,3-7,12H2,1-2H3,(H,13,14). The second kappa shape index (κ2) is 5.74. The van der Waals surface area contributed by atoms with Crippen molar-refractivity contribution in [2.24, 2.45) is 11.7 Å². The van der Waals surface area contributed by atoms with Crippen molar-refractivity contribution in [3.63, 3.8) is 0 Å². The summed E-state index contributed by atoms with van der Waals surface area (Å²) in [6.07, 6.45) is 1.86. The Morgan fingerprint density at radius 1 is 1.53 bits per heavy atom. The molecule has 8 heteroatoms. The number of aryl methyl sites for hydroxylation is 2. The fourth-order valence-corrected chi connectivity index (χ4v) is 4.45. The van der Waals surface area contributed by atoms with Gasteiger partial charge in [0.05, 0.1) is 5.69 Å². The Labute approximate surface area is 118 Å². The van der Waals surface area contributed by atoms with Gasteiger partial charge in [0.15, 0.2) is 5.13 Å². The summed E-state index contributed by atoms with van der Waals surface area (Å²) in [5.41, 5.74) is 6.49. The van der Waals surface area contributed by atoms with Crippen molar-refractivity contribution in [1.29, 1.82) is 0 Å². The SMILES string of the molecule is Cc1nc(NS(=O)(=O)N2CCCC(CN)C2)sc1C. The molecule has 0 aliphatic carbocycles. The third-order valence-corrected chi connectivity index (χ3v) is 5.98. The first-order valence-electron chi connectivity index (χ1n) is 6.34. The number of hydrogen-bond acceptors (Lipinski definition) is 5. The van der Waals surface area contributed by atoms with Gasteiger partial charge in [-0.3, -0.25) is 0 Å². The fourth-order valence-electron chi connectivity index (χ4n) is 2.13. The van der Waals surface area contributed by atoms with Crippen LogP contribution in [0, 0.1) is 19.8 Å². The number of anilines is 1. The largest absolute Gasteiger partial charge is 0.330 e. The van der Waals surface area contributed by atoms with E-state index in [9.17, 15) is 8.42 Å². The molecule has 19 heavy (non-hydrogen) atoms. The van der Waals surface area contributed by atoms with Crippen LogP contribution in [0.15, 0.2) is 0 Å². The first-order valence-corrected chi connectivity index (χ1v) is 8.60. The van der Waals surface area contributed by atoms with E-state index in [0.29, 0.717) is 24.8 Å². The second-order valence-corrected chi connectivity index (χ2v) is 7.74. The van der Waals surface area contributed by atoms with Crippen LogP contribution in [0.1, 0.15) is 23.4 Å². The number of piperidine rings is 1. The van der Waals surface area contributed by atoms with Crippen molar-refractivity contribution >= 4 is 26.7 Å². The van der Waals surface area contributed by atoms with Crippen LogP contribution in [0.5, 0.6) is 0 Å². The number of rotatable bonds is 4. The van der Waals surface area contributed by atoms with Crippen molar-refractivity contribution < 1.29 is 8.42 Å². The Bertz CT molecular complexity index is 521. The van der Waals surface area contributed by atoms with Crippen molar-refractivity contribution in [3.05, 3.63) is 10.6 Å². The van der Waals surface area contributed by atoms with E-state index < -0.39 is 10.2 Å². The third kappa shape index (κ3) is 3.44. The smallest absolute Gasteiger partial charge is 0.303 e. The molecule has 1 aromatic rings. The quantitative estimate of drug-likeness (QED) is 0.871. The van der Waals surface area contributed by atoms with Gasteiger partial charge in [-0.25, -0.2) is 9.71 Å². The monoisotopic (exact) mass is 304 g/mol. The highest BCUT2D eigenvalue weighted by molar-refractivity contribution is 7.90. The zero-order valence-corrected chi connectivity index (χ0v) is 12.9. The maximum absolute atomic E-state index is 12.3. The molecule has 1 unspecified atom stereocenters. The summed E-state index contributed by atoms with van der Waals surface area (Å²) in [7, 11) is -3.51. The van der Waals surface area contributed by atoms with Gasteiger partial charge in [-0.2, -0.15) is 12.7 Å². The topological polar surface area (TPSA) is 88.3 Å². The van der Waals surface area contributed by atoms with Crippen LogP contribution in [0.3, 0.4) is 0 Å². The van der Waals surface area contributed by atoms with E-state index in [1.165, 1.54) is 15.6 Å². The van der Waals surface area contributed by atoms with Gasteiger partial charge < -0.3 is 5.73 Å². The molecule has 0 aromatic carbocycles. The number of thiazole rings is 1. The lowest BCUT2D eigenvalue weighted by Crippen LogP contribution is -2.44. The van der Waals surface area contributed by atoms with Crippen LogP contribution in [-0.2, 0) is 10.2 Å². The number of aromatic nitrogens is 1. The molecule has 1 saturated heterocycles. The molecule has 1 atom stereocenters. The Morgan fingerprint density at radius 2 is 2.26 bits per heavy atom. The molecule has 108 valence electrons. The Morgan fingerprint density at radius 3 is 2.84 bits per heavy atom. The third-order valence-electron chi connectivity index (χ3n) is 3.40. The summed E-state index contributed by atoms with van der Waals surface area (Å²) in [5, 5.41) is 0.435. The normalized spacial score (nSPS) is 21.5. The highest BCUT2D eigenvalue weighted by Crippen LogP contribution is 2.24. The van der Waals surface area contributed by atoms with E-state index in [2.05, 4.69) is 9.71 Å². The number of hydrogen-bond donors (Lipinski definition) is 2. The van der Waals surface area contributed by atoms with Crippen LogP contribution in [0.4, 0.5) is 5.13 Å². The fraction of sp³-hybridized carbons (Fsp3) is 0.727. The van der Waals surface area contributed by atoms with E-state index >= 15 is 0 Å². The van der Waals surface area contributed by atoms with Gasteiger partial charge in [0.1, 0.15) is 0 Å². The zero-order chi connectivity index (χ0) is 14.0. The lowest BCUT2D eigenvalue weighted by atomic mass is 10.0. The van der Waals surface area contributed by atoms with Gasteiger partial charge in [-0.1, -0.05) is 0 Å². The Balaban J connectivity index is 2.09. The van der Waals surface area contributed by atoms with E-state index in [1.807, 2.05) is 13.8 Å². The molecular formula is C11H20N4O2S2. The van der Waals surface area contributed by atoms with Crippen molar-refractivity contribution in [2.45, 2.75) is 26.7 Å². The van der Waals surface area contributed by atoms with Crippen LogP contribution >= 0.6 is 11.3 Å². The summed E-state index contributed by atoms with van der Waals surface area (Å²) in [5.74, 6) is 0.255. The zero-order valence-electron chi connectivity index (χ0n) is 11.2. The molecule has 1 fully saturated rings. The van der Waals surface area contributed by atoms with Gasteiger partial charge in [0.25, 0.3) is 0 Å². The molecule has 3 N–H and O–H groups in total. The molecule has 1 aromatic heterocycles. The van der Waals surface area contributed by atoms with Crippen molar-refractivity contribution in [1.82, 2.24) is 9.29 Å². The van der Waals surface area contributed by atoms with Gasteiger partial charge in [0, 0.05) is 18.0 Å². The minimum atomic E-state index is -3.51. The van der Waals surface area contributed by atoms with Crippen molar-refractivity contribution in [3.8, 4) is 0 Å².